The molecular weight excluding hydrogens is 511 g/mol. The maximum atomic E-state index is 13.5. The van der Waals surface area contributed by atoms with Crippen LogP contribution in [0.1, 0.15) is 24.1 Å². The molecule has 1 atom stereocenters. The van der Waals surface area contributed by atoms with E-state index in [0.717, 1.165) is 15.4 Å². The van der Waals surface area contributed by atoms with Gasteiger partial charge in [-0.25, -0.2) is 8.42 Å². The van der Waals surface area contributed by atoms with Crippen LogP contribution in [-0.2, 0) is 14.8 Å². The summed E-state index contributed by atoms with van der Waals surface area (Å²) in [6.07, 6.45) is 0. The number of carbonyl (C=O) groups is 1. The fourth-order valence-electron chi connectivity index (χ4n) is 3.67. The third-order valence-electron chi connectivity index (χ3n) is 5.48. The zero-order valence-electron chi connectivity index (χ0n) is 19.1. The lowest BCUT2D eigenvalue weighted by Gasteiger charge is -2.26. The fourth-order valence-corrected chi connectivity index (χ4v) is 5.59. The average Bonchev–Trinajstić information content (AvgIpc) is 2.81. The van der Waals surface area contributed by atoms with Gasteiger partial charge in [0.05, 0.1) is 16.6 Å². The van der Waals surface area contributed by atoms with Crippen molar-refractivity contribution < 1.29 is 22.7 Å². The molecule has 1 aliphatic rings. The summed E-state index contributed by atoms with van der Waals surface area (Å²) in [5.41, 5.74) is 1.89. The van der Waals surface area contributed by atoms with E-state index < -0.39 is 28.5 Å². The van der Waals surface area contributed by atoms with E-state index in [4.69, 9.17) is 32.7 Å². The first-order chi connectivity index (χ1) is 16.6. The molecule has 0 saturated carbocycles. The molecule has 0 aromatic heterocycles. The van der Waals surface area contributed by atoms with Crippen LogP contribution in [0.3, 0.4) is 0 Å². The van der Waals surface area contributed by atoms with Crippen molar-refractivity contribution in [3.05, 3.63) is 81.8 Å². The number of halogens is 2. The molecule has 35 heavy (non-hydrogen) atoms. The lowest BCUT2D eigenvalue weighted by molar-refractivity contribution is -0.120. The Morgan fingerprint density at radius 3 is 2.26 bits per heavy atom. The minimum Gasteiger partial charge on any atom is -0.486 e. The molecule has 1 amide bonds. The second-order valence-corrected chi connectivity index (χ2v) is 10.9. The monoisotopic (exact) mass is 534 g/mol. The zero-order valence-corrected chi connectivity index (χ0v) is 21.5. The SMILES string of the molecule is Cc1ccc(S(=O)(=O)N(CC(=O)N[C@H](C)c2ccc3c(c2)OCCO3)c2cc(Cl)cc(Cl)c2)cc1. The lowest BCUT2D eigenvalue weighted by atomic mass is 10.1. The second-order valence-electron chi connectivity index (χ2n) is 8.14. The molecule has 10 heteroatoms. The van der Waals surface area contributed by atoms with E-state index in [2.05, 4.69) is 5.32 Å². The van der Waals surface area contributed by atoms with E-state index >= 15 is 0 Å². The van der Waals surface area contributed by atoms with Gasteiger partial charge in [-0.15, -0.1) is 0 Å². The minimum atomic E-state index is -4.09. The van der Waals surface area contributed by atoms with Gasteiger partial charge in [-0.05, 0) is 61.9 Å². The van der Waals surface area contributed by atoms with E-state index in [1.807, 2.05) is 13.0 Å². The third-order valence-corrected chi connectivity index (χ3v) is 7.70. The highest BCUT2D eigenvalue weighted by Gasteiger charge is 2.28. The number of fused-ring (bicyclic) bond motifs is 1. The highest BCUT2D eigenvalue weighted by atomic mass is 35.5. The van der Waals surface area contributed by atoms with Crippen molar-refractivity contribution in [1.29, 1.82) is 0 Å². The number of aryl methyl sites for hydroxylation is 1. The lowest BCUT2D eigenvalue weighted by Crippen LogP contribution is -2.41. The first-order valence-corrected chi connectivity index (χ1v) is 13.1. The van der Waals surface area contributed by atoms with Crippen molar-refractivity contribution >= 4 is 44.8 Å². The van der Waals surface area contributed by atoms with E-state index in [1.54, 1.807) is 31.2 Å². The maximum Gasteiger partial charge on any atom is 0.264 e. The predicted octanol–water partition coefficient (Wildman–Crippen LogP) is 5.15. The van der Waals surface area contributed by atoms with Crippen LogP contribution in [0.5, 0.6) is 11.5 Å². The van der Waals surface area contributed by atoms with Crippen molar-refractivity contribution in [2.75, 3.05) is 24.1 Å². The molecule has 7 nitrogen and oxygen atoms in total. The molecule has 0 fully saturated rings. The van der Waals surface area contributed by atoms with Crippen LogP contribution in [0, 0.1) is 6.92 Å². The Hall–Kier alpha value is -2.94. The number of sulfonamides is 1. The Bertz CT molecular complexity index is 1330. The van der Waals surface area contributed by atoms with Gasteiger partial charge in [0, 0.05) is 10.0 Å². The number of hydrogen-bond acceptors (Lipinski definition) is 5. The summed E-state index contributed by atoms with van der Waals surface area (Å²) < 4.78 is 39.3. The number of hydrogen-bond donors (Lipinski definition) is 1. The number of nitrogens with zero attached hydrogens (tertiary/aromatic N) is 1. The first-order valence-electron chi connectivity index (χ1n) is 10.9. The van der Waals surface area contributed by atoms with Crippen molar-refractivity contribution in [3.63, 3.8) is 0 Å². The molecule has 0 unspecified atom stereocenters. The molecule has 0 bridgehead atoms. The Kier molecular flexibility index (Phi) is 7.44. The van der Waals surface area contributed by atoms with Crippen molar-refractivity contribution in [1.82, 2.24) is 5.32 Å². The number of anilines is 1. The molecule has 1 aliphatic heterocycles. The molecule has 1 N–H and O–H groups in total. The average molecular weight is 535 g/mol. The quantitative estimate of drug-likeness (QED) is 0.453. The van der Waals surface area contributed by atoms with Gasteiger partial charge >= 0.3 is 0 Å². The van der Waals surface area contributed by atoms with Crippen LogP contribution in [0.25, 0.3) is 0 Å². The standard InChI is InChI=1S/C25H24Cl2N2O5S/c1-16-3-6-22(7-4-16)35(31,32)29(21-13-19(26)12-20(27)14-21)15-25(30)28-17(2)18-5-8-23-24(11-18)34-10-9-33-23/h3-8,11-14,17H,9-10,15H2,1-2H3,(H,28,30)/t17-/m1/s1. The molecule has 3 aromatic rings. The van der Waals surface area contributed by atoms with Crippen molar-refractivity contribution in [2.24, 2.45) is 0 Å². The molecule has 184 valence electrons. The minimum absolute atomic E-state index is 0.0480. The number of carbonyl (C=O) groups excluding carboxylic acids is 1. The molecule has 0 saturated heterocycles. The number of rotatable bonds is 7. The molecule has 3 aromatic carbocycles. The van der Waals surface area contributed by atoms with Crippen LogP contribution in [0.2, 0.25) is 10.0 Å². The van der Waals surface area contributed by atoms with Gasteiger partial charge in [0.2, 0.25) is 5.91 Å². The van der Waals surface area contributed by atoms with Gasteiger partial charge in [-0.2, -0.15) is 0 Å². The van der Waals surface area contributed by atoms with Crippen molar-refractivity contribution in [2.45, 2.75) is 24.8 Å². The maximum absolute atomic E-state index is 13.5. The summed E-state index contributed by atoms with van der Waals surface area (Å²) >= 11 is 12.3. The zero-order chi connectivity index (χ0) is 25.2. The largest absolute Gasteiger partial charge is 0.486 e. The van der Waals surface area contributed by atoms with Crippen LogP contribution in [-0.4, -0.2) is 34.1 Å². The Morgan fingerprint density at radius 2 is 1.60 bits per heavy atom. The van der Waals surface area contributed by atoms with Gasteiger partial charge in [-0.1, -0.05) is 47.0 Å². The molecular formula is C25H24Cl2N2O5S. The predicted molar refractivity (Wildman–Crippen MR) is 136 cm³/mol. The highest BCUT2D eigenvalue weighted by molar-refractivity contribution is 7.92. The summed E-state index contributed by atoms with van der Waals surface area (Å²) in [6, 6.07) is 15.8. The molecule has 0 spiro atoms. The van der Waals surface area contributed by atoms with E-state index in [9.17, 15) is 13.2 Å². The van der Waals surface area contributed by atoms with Crippen LogP contribution >= 0.6 is 23.2 Å². The summed E-state index contributed by atoms with van der Waals surface area (Å²) in [5.74, 6) is 0.748. The molecule has 0 aliphatic carbocycles. The Balaban J connectivity index is 1.60. The first kappa shape index (κ1) is 25.2. The van der Waals surface area contributed by atoms with Gasteiger partial charge in [-0.3, -0.25) is 9.10 Å². The van der Waals surface area contributed by atoms with E-state index in [1.165, 1.54) is 30.3 Å². The van der Waals surface area contributed by atoms with Crippen LogP contribution < -0.4 is 19.1 Å². The molecule has 1 heterocycles. The van der Waals surface area contributed by atoms with E-state index in [-0.39, 0.29) is 20.6 Å². The second kappa shape index (κ2) is 10.4. The molecule has 0 radical (unpaired) electrons. The highest BCUT2D eigenvalue weighted by Crippen LogP contribution is 2.33. The number of amides is 1. The summed E-state index contributed by atoms with van der Waals surface area (Å²) in [5, 5.41) is 3.36. The van der Waals surface area contributed by atoms with Gasteiger partial charge in [0.15, 0.2) is 11.5 Å². The van der Waals surface area contributed by atoms with E-state index in [0.29, 0.717) is 24.7 Å². The normalized spacial score (nSPS) is 13.7. The van der Waals surface area contributed by atoms with Crippen LogP contribution in [0.15, 0.2) is 65.6 Å². The number of nitrogens with one attached hydrogen (secondary N) is 1. The van der Waals surface area contributed by atoms with Gasteiger partial charge < -0.3 is 14.8 Å². The molecule has 4 rings (SSSR count). The third kappa shape index (κ3) is 5.83. The summed E-state index contributed by atoms with van der Waals surface area (Å²) in [7, 11) is -4.09. The van der Waals surface area contributed by atoms with Crippen LogP contribution in [0.4, 0.5) is 5.69 Å². The fraction of sp³-hybridized carbons (Fsp3) is 0.240. The summed E-state index contributed by atoms with van der Waals surface area (Å²) in [4.78, 5) is 13.1. The number of ether oxygens (including phenoxy) is 2. The Morgan fingerprint density at radius 1 is 0.971 bits per heavy atom. The number of benzene rings is 3. The van der Waals surface area contributed by atoms with Gasteiger partial charge in [0.25, 0.3) is 10.0 Å². The Labute approximate surface area is 214 Å². The van der Waals surface area contributed by atoms with Crippen molar-refractivity contribution in [3.8, 4) is 11.5 Å². The topological polar surface area (TPSA) is 84.9 Å². The van der Waals surface area contributed by atoms with Gasteiger partial charge in [0.1, 0.15) is 19.8 Å². The smallest absolute Gasteiger partial charge is 0.264 e. The summed E-state index contributed by atoms with van der Waals surface area (Å²) in [6.45, 7) is 4.13.